The van der Waals surface area contributed by atoms with Crippen molar-refractivity contribution in [2.24, 2.45) is 0 Å². The highest BCUT2D eigenvalue weighted by molar-refractivity contribution is 5.98. The summed E-state index contributed by atoms with van der Waals surface area (Å²) in [6.45, 7) is 8.10. The second kappa shape index (κ2) is 8.69. The molecule has 3 heterocycles. The number of benzene rings is 2. The van der Waals surface area contributed by atoms with E-state index < -0.39 is 22.9 Å². The first-order chi connectivity index (χ1) is 17.1. The van der Waals surface area contributed by atoms with Gasteiger partial charge in [0.1, 0.15) is 11.6 Å². The number of halogens is 3. The number of rotatable bonds is 3. The first-order valence-corrected chi connectivity index (χ1v) is 11.8. The zero-order chi connectivity index (χ0) is 25.8. The summed E-state index contributed by atoms with van der Waals surface area (Å²) in [6, 6.07) is 10.6. The number of nitrogens with zero attached hydrogens (tertiary/aromatic N) is 2. The number of carbonyl (C=O) groups excluding carboxylic acids is 1. The Morgan fingerprint density at radius 1 is 1.14 bits per heavy atom. The molecule has 0 spiro atoms. The maximum absolute atomic E-state index is 14.7. The fourth-order valence-corrected chi connectivity index (χ4v) is 4.98. The molecule has 1 amide bonds. The molecule has 5 nitrogen and oxygen atoms in total. The number of fused-ring (bicyclic) bond motifs is 2. The molecule has 1 aliphatic rings. The number of hydrogen-bond acceptors (Lipinski definition) is 3. The molecule has 0 radical (unpaired) electrons. The van der Waals surface area contributed by atoms with Gasteiger partial charge in [-0.1, -0.05) is 39.0 Å². The van der Waals surface area contributed by atoms with Gasteiger partial charge in [-0.05, 0) is 41.7 Å². The van der Waals surface area contributed by atoms with Crippen LogP contribution < -0.4 is 10.1 Å². The lowest BCUT2D eigenvalue weighted by atomic mass is 9.83. The van der Waals surface area contributed by atoms with Crippen molar-refractivity contribution in [3.63, 3.8) is 0 Å². The van der Waals surface area contributed by atoms with E-state index in [2.05, 4.69) is 10.4 Å². The van der Waals surface area contributed by atoms with Crippen LogP contribution in [0.3, 0.4) is 0 Å². The van der Waals surface area contributed by atoms with E-state index in [9.17, 15) is 18.0 Å². The molecule has 5 rings (SSSR count). The number of aryl methyl sites for hydroxylation is 1. The van der Waals surface area contributed by atoms with Crippen LogP contribution in [0.4, 0.5) is 13.2 Å². The number of aromatic nitrogens is 2. The van der Waals surface area contributed by atoms with Crippen molar-refractivity contribution in [1.82, 2.24) is 14.9 Å². The van der Waals surface area contributed by atoms with Gasteiger partial charge in [0.2, 0.25) is 0 Å². The average Bonchev–Trinajstić information content (AvgIpc) is 3.15. The number of hydrogen-bond donors (Lipinski definition) is 1. The van der Waals surface area contributed by atoms with Crippen molar-refractivity contribution in [3.05, 3.63) is 88.4 Å². The minimum Gasteiger partial charge on any atom is -0.493 e. The molecule has 1 atom stereocenters. The molecule has 4 aromatic rings. The van der Waals surface area contributed by atoms with E-state index in [1.54, 1.807) is 13.0 Å². The number of amides is 1. The van der Waals surface area contributed by atoms with Crippen molar-refractivity contribution in [1.29, 1.82) is 0 Å². The fourth-order valence-electron chi connectivity index (χ4n) is 4.98. The standard InChI is InChI=1S/C28H26F3N3O2/c1-15-11-22-24(28(2,3)4)19(27(35)33-21-9-10-36-23-8-6-5-7-17(21)23)14-32-34(22)26(15)18-12-16(29)13-20(30)25(18)31/h5-8,11-14,21H,9-10H2,1-4H3,(H,33,35)/t21-/m0/s1. The monoisotopic (exact) mass is 493 g/mol. The number of nitrogens with one attached hydrogen (secondary N) is 1. The lowest BCUT2D eigenvalue weighted by Gasteiger charge is -2.28. The van der Waals surface area contributed by atoms with Crippen LogP contribution in [0.25, 0.3) is 16.8 Å². The van der Waals surface area contributed by atoms with Crippen LogP contribution in [0.15, 0.2) is 48.7 Å². The summed E-state index contributed by atoms with van der Waals surface area (Å²) >= 11 is 0. The number of carbonyl (C=O) groups is 1. The van der Waals surface area contributed by atoms with Crippen LogP contribution in [0, 0.1) is 24.4 Å². The Bertz CT molecular complexity index is 1500. The third-order valence-corrected chi connectivity index (χ3v) is 6.50. The Labute approximate surface area is 206 Å². The zero-order valence-corrected chi connectivity index (χ0v) is 20.5. The maximum atomic E-state index is 14.7. The summed E-state index contributed by atoms with van der Waals surface area (Å²) in [6.07, 6.45) is 2.06. The Morgan fingerprint density at radius 2 is 1.89 bits per heavy atom. The number of para-hydroxylation sites is 1. The first-order valence-electron chi connectivity index (χ1n) is 11.8. The second-order valence-corrected chi connectivity index (χ2v) is 10.1. The molecule has 36 heavy (non-hydrogen) atoms. The molecule has 0 bridgehead atoms. The lowest BCUT2D eigenvalue weighted by molar-refractivity contribution is 0.0922. The van der Waals surface area contributed by atoms with Gasteiger partial charge in [-0.2, -0.15) is 5.10 Å². The predicted molar refractivity (Wildman–Crippen MR) is 131 cm³/mol. The normalized spacial score (nSPS) is 15.5. The summed E-state index contributed by atoms with van der Waals surface area (Å²) in [5.41, 5.74) is 2.64. The highest BCUT2D eigenvalue weighted by Crippen LogP contribution is 2.37. The predicted octanol–water partition coefficient (Wildman–Crippen LogP) is 6.28. The average molecular weight is 494 g/mol. The van der Waals surface area contributed by atoms with Gasteiger partial charge < -0.3 is 10.1 Å². The van der Waals surface area contributed by atoms with E-state index in [1.807, 2.05) is 45.0 Å². The number of ether oxygens (including phenoxy) is 1. The minimum absolute atomic E-state index is 0.222. The Kier molecular flexibility index (Phi) is 5.77. The van der Waals surface area contributed by atoms with Gasteiger partial charge in [0.05, 0.1) is 35.6 Å². The van der Waals surface area contributed by atoms with Crippen LogP contribution in [-0.4, -0.2) is 22.1 Å². The fraction of sp³-hybridized carbons (Fsp3) is 0.286. The lowest BCUT2D eigenvalue weighted by Crippen LogP contribution is -2.34. The first kappa shape index (κ1) is 23.9. The van der Waals surface area contributed by atoms with Gasteiger partial charge in [0.25, 0.3) is 5.91 Å². The highest BCUT2D eigenvalue weighted by atomic mass is 19.2. The largest absolute Gasteiger partial charge is 0.493 e. The SMILES string of the molecule is Cc1cc2c(C(C)(C)C)c(C(=O)N[C@H]3CCOc4ccccc43)cnn2c1-c1cc(F)cc(F)c1F. The van der Waals surface area contributed by atoms with E-state index in [1.165, 1.54) is 10.7 Å². The summed E-state index contributed by atoms with van der Waals surface area (Å²) in [4.78, 5) is 13.6. The molecule has 0 saturated heterocycles. The molecule has 0 fully saturated rings. The van der Waals surface area contributed by atoms with Gasteiger partial charge in [-0.3, -0.25) is 4.79 Å². The van der Waals surface area contributed by atoms with Crippen LogP contribution in [0.1, 0.15) is 60.3 Å². The molecule has 0 unspecified atom stereocenters. The third kappa shape index (κ3) is 4.00. The molecule has 1 N–H and O–H groups in total. The molecule has 2 aromatic heterocycles. The summed E-state index contributed by atoms with van der Waals surface area (Å²) in [5, 5.41) is 7.55. The molecule has 2 aromatic carbocycles. The van der Waals surface area contributed by atoms with Crippen LogP contribution >= 0.6 is 0 Å². The van der Waals surface area contributed by atoms with E-state index >= 15 is 0 Å². The molecular weight excluding hydrogens is 467 g/mol. The molecule has 0 aliphatic carbocycles. The van der Waals surface area contributed by atoms with Gasteiger partial charge in [0.15, 0.2) is 11.6 Å². The van der Waals surface area contributed by atoms with Crippen molar-refractivity contribution in [2.75, 3.05) is 6.61 Å². The maximum Gasteiger partial charge on any atom is 0.253 e. The van der Waals surface area contributed by atoms with E-state index in [0.717, 1.165) is 17.4 Å². The quantitative estimate of drug-likeness (QED) is 0.342. The van der Waals surface area contributed by atoms with E-state index in [4.69, 9.17) is 4.74 Å². The molecule has 0 saturated carbocycles. The van der Waals surface area contributed by atoms with Crippen LogP contribution in [0.5, 0.6) is 5.75 Å². The molecule has 1 aliphatic heterocycles. The smallest absolute Gasteiger partial charge is 0.253 e. The summed E-state index contributed by atoms with van der Waals surface area (Å²) < 4.78 is 49.9. The van der Waals surface area contributed by atoms with Crippen molar-refractivity contribution < 1.29 is 22.7 Å². The summed E-state index contributed by atoms with van der Waals surface area (Å²) in [7, 11) is 0. The molecular formula is C28H26F3N3O2. The van der Waals surface area contributed by atoms with E-state index in [-0.39, 0.29) is 23.2 Å². The molecule has 8 heteroatoms. The van der Waals surface area contributed by atoms with Crippen LogP contribution in [-0.2, 0) is 5.41 Å². The Hall–Kier alpha value is -3.81. The van der Waals surface area contributed by atoms with Crippen molar-refractivity contribution in [2.45, 2.75) is 45.6 Å². The second-order valence-electron chi connectivity index (χ2n) is 10.1. The van der Waals surface area contributed by atoms with Crippen LogP contribution in [0.2, 0.25) is 0 Å². The summed E-state index contributed by atoms with van der Waals surface area (Å²) in [5.74, 6) is -2.86. The van der Waals surface area contributed by atoms with Crippen molar-refractivity contribution in [3.8, 4) is 17.0 Å². The minimum atomic E-state index is -1.27. The molecule has 186 valence electrons. The Morgan fingerprint density at radius 3 is 2.64 bits per heavy atom. The van der Waals surface area contributed by atoms with Crippen molar-refractivity contribution >= 4 is 11.4 Å². The third-order valence-electron chi connectivity index (χ3n) is 6.50. The van der Waals surface area contributed by atoms with Gasteiger partial charge in [-0.25, -0.2) is 17.7 Å². The van der Waals surface area contributed by atoms with Gasteiger partial charge >= 0.3 is 0 Å². The highest BCUT2D eigenvalue weighted by Gasteiger charge is 2.30. The van der Waals surface area contributed by atoms with Gasteiger partial charge in [-0.15, -0.1) is 0 Å². The Balaban J connectivity index is 1.64. The topological polar surface area (TPSA) is 55.6 Å². The van der Waals surface area contributed by atoms with E-state index in [0.29, 0.717) is 41.3 Å². The van der Waals surface area contributed by atoms with Gasteiger partial charge in [0, 0.05) is 23.6 Å². The zero-order valence-electron chi connectivity index (χ0n) is 20.5.